The molecule has 1 aromatic heterocycles. The van der Waals surface area contributed by atoms with Gasteiger partial charge < -0.3 is 19.6 Å². The third kappa shape index (κ3) is 3.09. The molecule has 1 spiro atoms. The minimum Gasteiger partial charge on any atom is -0.465 e. The van der Waals surface area contributed by atoms with Gasteiger partial charge in [-0.15, -0.1) is 11.3 Å². The number of rotatable bonds is 3. The normalized spacial score (nSPS) is 30.3. The second kappa shape index (κ2) is 6.56. The molecule has 138 valence electrons. The van der Waals surface area contributed by atoms with E-state index in [4.69, 9.17) is 9.84 Å². The maximum absolute atomic E-state index is 10.9. The maximum Gasteiger partial charge on any atom is 0.407 e. The first kappa shape index (κ1) is 17.3. The quantitative estimate of drug-likeness (QED) is 0.895. The van der Waals surface area contributed by atoms with Gasteiger partial charge in [-0.3, -0.25) is 0 Å². The number of fused-ring (bicyclic) bond motifs is 2. The van der Waals surface area contributed by atoms with Crippen molar-refractivity contribution in [2.24, 2.45) is 5.92 Å². The number of aryl methyl sites for hydroxylation is 1. The van der Waals surface area contributed by atoms with E-state index in [2.05, 4.69) is 24.8 Å². The highest BCUT2D eigenvalue weighted by Crippen LogP contribution is 2.46. The van der Waals surface area contributed by atoms with Gasteiger partial charge in [-0.2, -0.15) is 0 Å². The van der Waals surface area contributed by atoms with Crippen LogP contribution in [0.5, 0.6) is 0 Å². The Kier molecular flexibility index (Phi) is 4.54. The fourth-order valence-corrected chi connectivity index (χ4v) is 5.90. The summed E-state index contributed by atoms with van der Waals surface area (Å²) < 4.78 is 6.40. The van der Waals surface area contributed by atoms with Crippen molar-refractivity contribution in [1.29, 1.82) is 0 Å². The Hall–Kier alpha value is -1.11. The summed E-state index contributed by atoms with van der Waals surface area (Å²) in [4.78, 5) is 18.0. The van der Waals surface area contributed by atoms with Crippen LogP contribution in [-0.4, -0.2) is 59.8 Å². The van der Waals surface area contributed by atoms with Crippen LogP contribution in [0.3, 0.4) is 0 Å². The van der Waals surface area contributed by atoms with Gasteiger partial charge in [0.2, 0.25) is 0 Å². The van der Waals surface area contributed by atoms with Crippen molar-refractivity contribution in [3.8, 4) is 0 Å². The summed E-state index contributed by atoms with van der Waals surface area (Å²) in [6.45, 7) is 8.82. The summed E-state index contributed by atoms with van der Waals surface area (Å²) >= 11 is 1.98. The van der Waals surface area contributed by atoms with E-state index >= 15 is 0 Å². The molecule has 1 amide bonds. The molecular weight excluding hydrogens is 336 g/mol. The van der Waals surface area contributed by atoms with E-state index in [1.54, 1.807) is 4.88 Å². The Morgan fingerprint density at radius 1 is 1.48 bits per heavy atom. The Labute approximate surface area is 153 Å². The molecule has 2 atom stereocenters. The smallest absolute Gasteiger partial charge is 0.407 e. The van der Waals surface area contributed by atoms with E-state index in [-0.39, 0.29) is 5.60 Å². The minimum absolute atomic E-state index is 0.0832. The molecule has 0 unspecified atom stereocenters. The highest BCUT2D eigenvalue weighted by molar-refractivity contribution is 7.12. The number of carbonyl (C=O) groups is 1. The number of amides is 1. The largest absolute Gasteiger partial charge is 0.465 e. The lowest BCUT2D eigenvalue weighted by atomic mass is 9.79. The van der Waals surface area contributed by atoms with E-state index < -0.39 is 6.09 Å². The number of piperidine rings is 1. The third-order valence-corrected chi connectivity index (χ3v) is 7.52. The topological polar surface area (TPSA) is 53.0 Å². The van der Waals surface area contributed by atoms with Crippen LogP contribution in [0.25, 0.3) is 0 Å². The van der Waals surface area contributed by atoms with Crippen molar-refractivity contribution in [2.75, 3.05) is 32.8 Å². The lowest BCUT2D eigenvalue weighted by Crippen LogP contribution is -2.57. The highest BCUT2D eigenvalue weighted by atomic mass is 32.1. The Morgan fingerprint density at radius 3 is 2.96 bits per heavy atom. The summed E-state index contributed by atoms with van der Waals surface area (Å²) in [5, 5.41) is 8.99. The summed E-state index contributed by atoms with van der Waals surface area (Å²) in [5.74, 6) is 0.489. The first-order valence-electron chi connectivity index (χ1n) is 9.48. The van der Waals surface area contributed by atoms with Gasteiger partial charge >= 0.3 is 6.09 Å². The highest BCUT2D eigenvalue weighted by Gasteiger charge is 2.45. The molecule has 0 aromatic carbocycles. The lowest BCUT2D eigenvalue weighted by Gasteiger charge is -2.49. The van der Waals surface area contributed by atoms with Crippen LogP contribution in [0.15, 0.2) is 6.07 Å². The molecule has 0 saturated carbocycles. The number of hydrogen-bond acceptors (Lipinski definition) is 4. The number of ether oxygens (including phenoxy) is 1. The molecule has 3 aliphatic rings. The molecule has 5 nitrogen and oxygen atoms in total. The summed E-state index contributed by atoms with van der Waals surface area (Å²) in [6, 6.07) is 2.88. The molecule has 0 aliphatic carbocycles. The molecule has 6 heteroatoms. The van der Waals surface area contributed by atoms with Gasteiger partial charge in [0, 0.05) is 54.3 Å². The SMILES string of the molecule is CCc1cc2c(s1)CCO[C@@]21CCN(CC2CN(C(=O)O)C2)[C@@H](C)C1. The summed E-state index contributed by atoms with van der Waals surface area (Å²) in [5.41, 5.74) is 1.38. The van der Waals surface area contributed by atoms with E-state index in [1.807, 2.05) is 11.3 Å². The standard InChI is InChI=1S/C19H28N2O3S/c1-3-15-8-16-17(25-15)4-7-24-19(16)5-6-20(13(2)9-19)10-14-11-21(12-14)18(22)23/h8,13-14H,3-7,9-12H2,1-2H3,(H,22,23)/t13-,19+/m0/s1. The van der Waals surface area contributed by atoms with Gasteiger partial charge in [0.05, 0.1) is 12.2 Å². The second-order valence-electron chi connectivity index (χ2n) is 7.85. The zero-order chi connectivity index (χ0) is 17.6. The monoisotopic (exact) mass is 364 g/mol. The zero-order valence-electron chi connectivity index (χ0n) is 15.2. The van der Waals surface area contributed by atoms with E-state index in [0.717, 1.165) is 45.4 Å². The second-order valence-corrected chi connectivity index (χ2v) is 9.07. The van der Waals surface area contributed by atoms with Crippen LogP contribution in [0, 0.1) is 5.92 Å². The van der Waals surface area contributed by atoms with Gasteiger partial charge in [-0.05, 0) is 37.8 Å². The molecular formula is C19H28N2O3S. The van der Waals surface area contributed by atoms with Crippen LogP contribution in [0.2, 0.25) is 0 Å². The van der Waals surface area contributed by atoms with Crippen LogP contribution in [0.4, 0.5) is 4.79 Å². The lowest BCUT2D eigenvalue weighted by molar-refractivity contribution is -0.114. The number of carboxylic acid groups (broad SMARTS) is 1. The molecule has 3 aliphatic heterocycles. The number of thiophene rings is 1. The minimum atomic E-state index is -0.783. The third-order valence-electron chi connectivity index (χ3n) is 6.18. The molecule has 0 radical (unpaired) electrons. The van der Waals surface area contributed by atoms with E-state index in [0.29, 0.717) is 25.0 Å². The first-order chi connectivity index (χ1) is 12.0. The van der Waals surface area contributed by atoms with Crippen LogP contribution >= 0.6 is 11.3 Å². The van der Waals surface area contributed by atoms with Crippen molar-refractivity contribution in [3.05, 3.63) is 21.4 Å². The van der Waals surface area contributed by atoms with Gasteiger partial charge in [0.1, 0.15) is 0 Å². The first-order valence-corrected chi connectivity index (χ1v) is 10.3. The maximum atomic E-state index is 10.9. The average molecular weight is 365 g/mol. The zero-order valence-corrected chi connectivity index (χ0v) is 16.0. The van der Waals surface area contributed by atoms with E-state index in [9.17, 15) is 4.79 Å². The Bertz CT molecular complexity index is 655. The number of likely N-dealkylation sites (tertiary alicyclic amines) is 2. The molecule has 0 bridgehead atoms. The molecule has 1 aromatic rings. The molecule has 2 fully saturated rings. The van der Waals surface area contributed by atoms with Crippen molar-refractivity contribution >= 4 is 17.4 Å². The Morgan fingerprint density at radius 2 is 2.28 bits per heavy atom. The van der Waals surface area contributed by atoms with Gasteiger partial charge in [-0.1, -0.05) is 6.92 Å². The van der Waals surface area contributed by atoms with Crippen molar-refractivity contribution < 1.29 is 14.6 Å². The molecule has 1 N–H and O–H groups in total. The molecule has 25 heavy (non-hydrogen) atoms. The molecule has 4 heterocycles. The van der Waals surface area contributed by atoms with Gasteiger partial charge in [-0.25, -0.2) is 4.79 Å². The number of hydrogen-bond donors (Lipinski definition) is 1. The van der Waals surface area contributed by atoms with Crippen LogP contribution < -0.4 is 0 Å². The Balaban J connectivity index is 1.42. The van der Waals surface area contributed by atoms with E-state index in [1.165, 1.54) is 15.3 Å². The van der Waals surface area contributed by atoms with Crippen LogP contribution in [-0.2, 0) is 23.2 Å². The predicted octanol–water partition coefficient (Wildman–Crippen LogP) is 3.17. The summed E-state index contributed by atoms with van der Waals surface area (Å²) in [6.07, 6.45) is 3.49. The van der Waals surface area contributed by atoms with Gasteiger partial charge in [0.15, 0.2) is 0 Å². The molecule has 4 rings (SSSR count). The number of nitrogens with zero attached hydrogens (tertiary/aromatic N) is 2. The fraction of sp³-hybridized carbons (Fsp3) is 0.737. The van der Waals surface area contributed by atoms with Crippen LogP contribution in [0.1, 0.15) is 42.0 Å². The van der Waals surface area contributed by atoms with Crippen molar-refractivity contribution in [3.63, 3.8) is 0 Å². The summed E-state index contributed by atoms with van der Waals surface area (Å²) in [7, 11) is 0. The van der Waals surface area contributed by atoms with Crippen molar-refractivity contribution in [1.82, 2.24) is 9.80 Å². The van der Waals surface area contributed by atoms with Crippen molar-refractivity contribution in [2.45, 2.75) is 51.2 Å². The van der Waals surface area contributed by atoms with Gasteiger partial charge in [0.25, 0.3) is 0 Å². The predicted molar refractivity (Wildman–Crippen MR) is 98.4 cm³/mol. The molecule has 2 saturated heterocycles. The average Bonchev–Trinajstić information content (AvgIpc) is 2.97. The fourth-order valence-electron chi connectivity index (χ4n) is 4.72.